The number of hydrogen-bond donors (Lipinski definition) is 1. The Morgan fingerprint density at radius 3 is 2.10 bits per heavy atom. The number of anilines is 1. The molecule has 2 fully saturated rings. The van der Waals surface area contributed by atoms with Crippen molar-refractivity contribution in [2.45, 2.75) is 37.8 Å². The van der Waals surface area contributed by atoms with Crippen LogP contribution in [0.25, 0.3) is 0 Å². The first kappa shape index (κ1) is 14.9. The van der Waals surface area contributed by atoms with E-state index in [0.29, 0.717) is 23.6 Å². The monoisotopic (exact) mass is 308 g/mol. The van der Waals surface area contributed by atoms with Gasteiger partial charge in [-0.1, -0.05) is 18.2 Å². The summed E-state index contributed by atoms with van der Waals surface area (Å²) in [5, 5.41) is 3.68. The first-order valence-corrected chi connectivity index (χ1v) is 9.71. The van der Waals surface area contributed by atoms with Crippen molar-refractivity contribution in [2.75, 3.05) is 29.5 Å². The van der Waals surface area contributed by atoms with Crippen molar-refractivity contribution >= 4 is 15.5 Å². The average molecular weight is 308 g/mol. The average Bonchev–Trinajstić information content (AvgIpc) is 2.51. The second-order valence-electron chi connectivity index (χ2n) is 6.19. The van der Waals surface area contributed by atoms with Gasteiger partial charge in [0.25, 0.3) is 0 Å². The fraction of sp³-hybridized carbons (Fsp3) is 0.625. The summed E-state index contributed by atoms with van der Waals surface area (Å²) in [5.74, 6) is 0.709. The van der Waals surface area contributed by atoms with E-state index in [0.717, 1.165) is 38.8 Å². The summed E-state index contributed by atoms with van der Waals surface area (Å²) < 4.78 is 22.9. The second-order valence-corrected chi connectivity index (χ2v) is 8.49. The smallest absolute Gasteiger partial charge is 0.150 e. The highest BCUT2D eigenvalue weighted by molar-refractivity contribution is 7.91. The molecule has 0 aliphatic carbocycles. The summed E-state index contributed by atoms with van der Waals surface area (Å²) >= 11 is 0. The molecule has 0 aromatic heterocycles. The molecule has 5 heteroatoms. The van der Waals surface area contributed by atoms with Crippen LogP contribution in [0.4, 0.5) is 5.69 Å². The van der Waals surface area contributed by atoms with Gasteiger partial charge >= 0.3 is 0 Å². The van der Waals surface area contributed by atoms with Crippen LogP contribution in [0.15, 0.2) is 30.3 Å². The number of nitrogens with one attached hydrogen (secondary N) is 1. The molecule has 1 N–H and O–H groups in total. The van der Waals surface area contributed by atoms with Crippen LogP contribution in [0.2, 0.25) is 0 Å². The van der Waals surface area contributed by atoms with Crippen molar-refractivity contribution < 1.29 is 8.42 Å². The first-order chi connectivity index (χ1) is 10.1. The number of piperidine rings is 1. The van der Waals surface area contributed by atoms with E-state index in [1.54, 1.807) is 0 Å². The highest BCUT2D eigenvalue weighted by Gasteiger charge is 2.27. The lowest BCUT2D eigenvalue weighted by molar-refractivity contribution is 0.349. The minimum absolute atomic E-state index is 0.355. The lowest BCUT2D eigenvalue weighted by Crippen LogP contribution is -2.48. The van der Waals surface area contributed by atoms with Gasteiger partial charge in [0.05, 0.1) is 11.5 Å². The Morgan fingerprint density at radius 1 is 0.905 bits per heavy atom. The van der Waals surface area contributed by atoms with Crippen LogP contribution in [0.1, 0.15) is 25.7 Å². The van der Waals surface area contributed by atoms with Crippen molar-refractivity contribution in [1.82, 2.24) is 5.32 Å². The third-order valence-electron chi connectivity index (χ3n) is 4.64. The van der Waals surface area contributed by atoms with E-state index in [1.807, 2.05) is 0 Å². The number of rotatable bonds is 3. The fourth-order valence-corrected chi connectivity index (χ4v) is 4.82. The largest absolute Gasteiger partial charge is 0.371 e. The zero-order valence-corrected chi connectivity index (χ0v) is 13.2. The van der Waals surface area contributed by atoms with Gasteiger partial charge in [-0.2, -0.15) is 0 Å². The highest BCUT2D eigenvalue weighted by Crippen LogP contribution is 2.21. The molecule has 2 aliphatic rings. The molecule has 4 nitrogen and oxygen atoms in total. The molecule has 0 saturated carbocycles. The number of sulfone groups is 1. The molecule has 116 valence electrons. The Kier molecular flexibility index (Phi) is 4.50. The Bertz CT molecular complexity index is 537. The quantitative estimate of drug-likeness (QED) is 0.925. The molecule has 2 heterocycles. The zero-order valence-electron chi connectivity index (χ0n) is 12.4. The fourth-order valence-electron chi connectivity index (χ4n) is 3.33. The lowest BCUT2D eigenvalue weighted by atomic mass is 10.0. The number of benzene rings is 1. The van der Waals surface area contributed by atoms with Crippen LogP contribution >= 0.6 is 0 Å². The van der Waals surface area contributed by atoms with E-state index in [1.165, 1.54) is 5.69 Å². The Labute approximate surface area is 127 Å². The minimum Gasteiger partial charge on any atom is -0.371 e. The van der Waals surface area contributed by atoms with Crippen molar-refractivity contribution in [3.05, 3.63) is 30.3 Å². The molecule has 0 bridgehead atoms. The van der Waals surface area contributed by atoms with Gasteiger partial charge in [-0.15, -0.1) is 0 Å². The topological polar surface area (TPSA) is 49.4 Å². The maximum Gasteiger partial charge on any atom is 0.150 e. The normalized spacial score (nSPS) is 24.1. The van der Waals surface area contributed by atoms with Crippen molar-refractivity contribution in [1.29, 1.82) is 0 Å². The van der Waals surface area contributed by atoms with Gasteiger partial charge < -0.3 is 10.2 Å². The van der Waals surface area contributed by atoms with Gasteiger partial charge in [-0.05, 0) is 37.8 Å². The summed E-state index contributed by atoms with van der Waals surface area (Å²) in [6, 6.07) is 11.5. The van der Waals surface area contributed by atoms with Crippen LogP contribution in [-0.2, 0) is 9.84 Å². The molecule has 0 spiro atoms. The van der Waals surface area contributed by atoms with E-state index in [9.17, 15) is 8.42 Å². The summed E-state index contributed by atoms with van der Waals surface area (Å²) in [6.45, 7) is 2.15. The standard InChI is InChI=1S/C16H24N2O2S/c19-21(20)12-8-15(9-13-21)17-14-6-10-18(11-7-14)16-4-2-1-3-5-16/h1-5,14-15,17H,6-13H2. The molecule has 1 aromatic carbocycles. The summed E-state index contributed by atoms with van der Waals surface area (Å²) in [4.78, 5) is 2.43. The molecule has 1 aromatic rings. The molecule has 0 radical (unpaired) electrons. The minimum atomic E-state index is -2.75. The molecule has 2 aliphatic heterocycles. The molecule has 0 atom stereocenters. The summed E-state index contributed by atoms with van der Waals surface area (Å²) in [6.07, 6.45) is 3.83. The Morgan fingerprint density at radius 2 is 1.48 bits per heavy atom. The van der Waals surface area contributed by atoms with Crippen LogP contribution in [0.5, 0.6) is 0 Å². The van der Waals surface area contributed by atoms with E-state index in [2.05, 4.69) is 40.5 Å². The maximum absolute atomic E-state index is 11.5. The molecular weight excluding hydrogens is 284 g/mol. The zero-order chi connectivity index (χ0) is 14.7. The Hall–Kier alpha value is -1.07. The van der Waals surface area contributed by atoms with Crippen molar-refractivity contribution in [3.8, 4) is 0 Å². The first-order valence-electron chi connectivity index (χ1n) is 7.89. The van der Waals surface area contributed by atoms with Gasteiger partial charge in [0, 0.05) is 30.9 Å². The van der Waals surface area contributed by atoms with Crippen molar-refractivity contribution in [3.63, 3.8) is 0 Å². The van der Waals surface area contributed by atoms with Crippen LogP contribution < -0.4 is 10.2 Å². The predicted molar refractivity (Wildman–Crippen MR) is 86.5 cm³/mol. The molecule has 0 unspecified atom stereocenters. The second kappa shape index (κ2) is 6.36. The summed E-state index contributed by atoms with van der Waals surface area (Å²) in [7, 11) is -2.75. The highest BCUT2D eigenvalue weighted by atomic mass is 32.2. The van der Waals surface area contributed by atoms with E-state index < -0.39 is 9.84 Å². The molecule has 0 amide bonds. The van der Waals surface area contributed by atoms with Crippen LogP contribution in [-0.4, -0.2) is 45.1 Å². The van der Waals surface area contributed by atoms with Gasteiger partial charge in [0.2, 0.25) is 0 Å². The van der Waals surface area contributed by atoms with Crippen molar-refractivity contribution in [2.24, 2.45) is 0 Å². The SMILES string of the molecule is O=S1(=O)CCC(NC2CCN(c3ccccc3)CC2)CC1. The molecular formula is C16H24N2O2S. The number of hydrogen-bond acceptors (Lipinski definition) is 4. The van der Waals surface area contributed by atoms with Crippen LogP contribution in [0, 0.1) is 0 Å². The van der Waals surface area contributed by atoms with E-state index in [4.69, 9.17) is 0 Å². The Balaban J connectivity index is 1.46. The van der Waals surface area contributed by atoms with Gasteiger partial charge in [0.1, 0.15) is 9.84 Å². The van der Waals surface area contributed by atoms with E-state index in [-0.39, 0.29) is 0 Å². The number of para-hydroxylation sites is 1. The maximum atomic E-state index is 11.5. The third kappa shape index (κ3) is 3.98. The number of nitrogens with zero attached hydrogens (tertiary/aromatic N) is 1. The molecule has 21 heavy (non-hydrogen) atoms. The third-order valence-corrected chi connectivity index (χ3v) is 6.36. The lowest BCUT2D eigenvalue weighted by Gasteiger charge is -2.36. The van der Waals surface area contributed by atoms with Crippen LogP contribution in [0.3, 0.4) is 0 Å². The predicted octanol–water partition coefficient (Wildman–Crippen LogP) is 1.82. The molecule has 3 rings (SSSR count). The summed E-state index contributed by atoms with van der Waals surface area (Å²) in [5.41, 5.74) is 1.31. The van der Waals surface area contributed by atoms with Gasteiger partial charge in [-0.25, -0.2) is 8.42 Å². The van der Waals surface area contributed by atoms with Gasteiger partial charge in [0.15, 0.2) is 0 Å². The van der Waals surface area contributed by atoms with Gasteiger partial charge in [-0.3, -0.25) is 0 Å². The van der Waals surface area contributed by atoms with E-state index >= 15 is 0 Å². The molecule has 2 saturated heterocycles.